The van der Waals surface area contributed by atoms with Gasteiger partial charge in [0.25, 0.3) is 0 Å². The van der Waals surface area contributed by atoms with E-state index in [1.54, 1.807) is 6.20 Å². The van der Waals surface area contributed by atoms with Crippen LogP contribution in [-0.2, 0) is 0 Å². The number of ketones is 1. The lowest BCUT2D eigenvalue weighted by Gasteiger charge is -2.12. The highest BCUT2D eigenvalue weighted by atomic mass is 16.3. The van der Waals surface area contributed by atoms with Gasteiger partial charge in [-0.3, -0.25) is 4.79 Å². The van der Waals surface area contributed by atoms with Gasteiger partial charge >= 0.3 is 0 Å². The van der Waals surface area contributed by atoms with E-state index in [4.69, 9.17) is 10.2 Å². The maximum atomic E-state index is 12.6. The molecule has 0 aliphatic rings. The molecule has 0 spiro atoms. The molecule has 0 fully saturated rings. The van der Waals surface area contributed by atoms with E-state index in [0.29, 0.717) is 23.7 Å². The lowest BCUT2D eigenvalue weighted by atomic mass is 10.0. The summed E-state index contributed by atoms with van der Waals surface area (Å²) in [6, 6.07) is 3.76. The molecule has 0 saturated heterocycles. The summed E-state index contributed by atoms with van der Waals surface area (Å²) >= 11 is 0. The summed E-state index contributed by atoms with van der Waals surface area (Å²) in [5.74, 6) is 0.413. The van der Waals surface area contributed by atoms with E-state index in [0.717, 1.165) is 16.9 Å². The molecule has 4 heterocycles. The van der Waals surface area contributed by atoms with Crippen molar-refractivity contribution >= 4 is 17.2 Å². The molecule has 0 saturated carbocycles. The molecular formula is C20H20N6O2. The van der Waals surface area contributed by atoms with Crippen molar-refractivity contribution in [2.24, 2.45) is 5.92 Å². The highest BCUT2D eigenvalue weighted by Gasteiger charge is 2.22. The van der Waals surface area contributed by atoms with Crippen LogP contribution in [-0.4, -0.2) is 30.1 Å². The number of aryl methyl sites for hydroxylation is 1. The molecule has 4 aromatic heterocycles. The molecule has 8 nitrogen and oxygen atoms in total. The zero-order valence-corrected chi connectivity index (χ0v) is 15.9. The second-order valence-corrected chi connectivity index (χ2v) is 7.06. The molecule has 0 amide bonds. The van der Waals surface area contributed by atoms with Gasteiger partial charge in [0, 0.05) is 30.1 Å². The van der Waals surface area contributed by atoms with E-state index in [9.17, 15) is 4.79 Å². The van der Waals surface area contributed by atoms with Gasteiger partial charge in [-0.25, -0.2) is 19.9 Å². The number of pyridine rings is 1. The first kappa shape index (κ1) is 17.8. The third-order valence-corrected chi connectivity index (χ3v) is 4.38. The molecule has 28 heavy (non-hydrogen) atoms. The van der Waals surface area contributed by atoms with Crippen LogP contribution >= 0.6 is 0 Å². The summed E-state index contributed by atoms with van der Waals surface area (Å²) in [4.78, 5) is 30.2. The molecule has 2 N–H and O–H groups in total. The third kappa shape index (κ3) is 3.13. The number of imidazole rings is 1. The normalized spacial score (nSPS) is 11.4. The molecular weight excluding hydrogens is 356 g/mol. The van der Waals surface area contributed by atoms with E-state index in [-0.39, 0.29) is 23.2 Å². The number of Topliss-reactive ketones (excluding diaryl/α,β-unsaturated/α-hetero) is 1. The van der Waals surface area contributed by atoms with Crippen molar-refractivity contribution in [2.75, 3.05) is 5.73 Å². The number of nitrogen functional groups attached to an aromatic ring is 1. The van der Waals surface area contributed by atoms with Crippen molar-refractivity contribution in [3.8, 4) is 22.8 Å². The molecule has 4 rings (SSSR count). The van der Waals surface area contributed by atoms with Crippen molar-refractivity contribution in [2.45, 2.75) is 27.2 Å². The van der Waals surface area contributed by atoms with Crippen molar-refractivity contribution in [1.29, 1.82) is 0 Å². The Labute approximate surface area is 161 Å². The highest BCUT2D eigenvalue weighted by molar-refractivity contribution is 5.99. The summed E-state index contributed by atoms with van der Waals surface area (Å²) in [5, 5.41) is 0. The summed E-state index contributed by atoms with van der Waals surface area (Å²) in [5.41, 5.74) is 9.67. The fourth-order valence-corrected chi connectivity index (χ4v) is 3.05. The lowest BCUT2D eigenvalue weighted by Crippen LogP contribution is -2.13. The predicted octanol–water partition coefficient (Wildman–Crippen LogP) is 3.57. The Balaban J connectivity index is 1.93. The van der Waals surface area contributed by atoms with Crippen molar-refractivity contribution in [1.82, 2.24) is 24.3 Å². The molecule has 0 aromatic carbocycles. The Kier molecular flexibility index (Phi) is 4.38. The number of rotatable bonds is 5. The minimum absolute atomic E-state index is 0.0717. The van der Waals surface area contributed by atoms with E-state index < -0.39 is 0 Å². The average Bonchev–Trinajstić information content (AvgIpc) is 3.31. The van der Waals surface area contributed by atoms with Gasteiger partial charge in [-0.2, -0.15) is 0 Å². The first-order valence-electron chi connectivity index (χ1n) is 8.98. The van der Waals surface area contributed by atoms with Gasteiger partial charge in [0.1, 0.15) is 23.3 Å². The molecule has 0 bridgehead atoms. The first-order chi connectivity index (χ1) is 13.4. The Morgan fingerprint density at radius 2 is 2.04 bits per heavy atom. The van der Waals surface area contributed by atoms with Gasteiger partial charge in [-0.05, 0) is 25.0 Å². The smallest absolute Gasteiger partial charge is 0.247 e. The van der Waals surface area contributed by atoms with Crippen LogP contribution in [0, 0.1) is 12.8 Å². The number of carbonyl (C=O) groups is 1. The molecule has 0 unspecified atom stereocenters. The molecule has 142 valence electrons. The van der Waals surface area contributed by atoms with Crippen molar-refractivity contribution in [3.05, 3.63) is 48.4 Å². The molecule has 0 aliphatic carbocycles. The summed E-state index contributed by atoms with van der Waals surface area (Å²) in [6.45, 7) is 5.91. The molecule has 4 aromatic rings. The van der Waals surface area contributed by atoms with E-state index >= 15 is 0 Å². The largest absolute Gasteiger partial charge is 0.443 e. The topological polar surface area (TPSA) is 112 Å². The van der Waals surface area contributed by atoms with Gasteiger partial charge < -0.3 is 14.6 Å². The van der Waals surface area contributed by atoms with Crippen LogP contribution in [0.1, 0.15) is 36.5 Å². The van der Waals surface area contributed by atoms with Crippen LogP contribution < -0.4 is 5.73 Å². The Bertz CT molecular complexity index is 1160. The number of carbonyl (C=O) groups excluding carboxylic acids is 1. The number of aromatic nitrogens is 5. The van der Waals surface area contributed by atoms with Gasteiger partial charge in [0.15, 0.2) is 17.3 Å². The minimum Gasteiger partial charge on any atom is -0.443 e. The zero-order chi connectivity index (χ0) is 19.8. The van der Waals surface area contributed by atoms with E-state index in [1.807, 2.05) is 43.5 Å². The van der Waals surface area contributed by atoms with Crippen molar-refractivity contribution in [3.63, 3.8) is 0 Å². The Morgan fingerprint density at radius 1 is 1.21 bits per heavy atom. The van der Waals surface area contributed by atoms with Crippen molar-refractivity contribution < 1.29 is 9.21 Å². The monoisotopic (exact) mass is 376 g/mol. The van der Waals surface area contributed by atoms with Gasteiger partial charge in [-0.15, -0.1) is 0 Å². The highest BCUT2D eigenvalue weighted by Crippen LogP contribution is 2.31. The number of nitrogens with two attached hydrogens (primary N) is 1. The second kappa shape index (κ2) is 6.88. The average molecular weight is 376 g/mol. The van der Waals surface area contributed by atoms with Crippen LogP contribution in [0.25, 0.3) is 28.5 Å². The van der Waals surface area contributed by atoms with Crippen LogP contribution in [0.2, 0.25) is 0 Å². The third-order valence-electron chi connectivity index (χ3n) is 4.38. The summed E-state index contributed by atoms with van der Waals surface area (Å²) < 4.78 is 7.37. The van der Waals surface area contributed by atoms with E-state index in [2.05, 4.69) is 19.9 Å². The SMILES string of the molecule is Cc1cnc2ccc(-c3nc(C(=O)CC(C)C)c(N)nc3-c3ncco3)cn12. The Hall–Kier alpha value is -3.55. The number of oxazole rings is 1. The summed E-state index contributed by atoms with van der Waals surface area (Å²) in [6.07, 6.45) is 7.02. The van der Waals surface area contributed by atoms with Crippen LogP contribution in [0.5, 0.6) is 0 Å². The number of hydrogen-bond donors (Lipinski definition) is 1. The number of nitrogens with zero attached hydrogens (tertiary/aromatic N) is 5. The summed E-state index contributed by atoms with van der Waals surface area (Å²) in [7, 11) is 0. The van der Waals surface area contributed by atoms with Gasteiger partial charge in [-0.1, -0.05) is 13.8 Å². The lowest BCUT2D eigenvalue weighted by molar-refractivity contribution is 0.0963. The van der Waals surface area contributed by atoms with Crippen LogP contribution in [0.3, 0.4) is 0 Å². The molecule has 0 atom stereocenters. The van der Waals surface area contributed by atoms with Crippen LogP contribution in [0.15, 0.2) is 41.4 Å². The molecule has 0 aliphatic heterocycles. The standard InChI is InChI=1S/C20H20N6O2/c1-11(2)8-14(27)17-19(21)25-18(20-22-6-7-28-20)16(24-17)13-4-5-15-23-9-12(3)26(15)10-13/h4-7,9-11H,8H2,1-3H3,(H2,21,25). The Morgan fingerprint density at radius 3 is 2.75 bits per heavy atom. The second-order valence-electron chi connectivity index (χ2n) is 7.06. The number of fused-ring (bicyclic) bond motifs is 1. The minimum atomic E-state index is -0.139. The number of anilines is 1. The fourth-order valence-electron chi connectivity index (χ4n) is 3.05. The maximum Gasteiger partial charge on any atom is 0.247 e. The molecule has 8 heteroatoms. The zero-order valence-electron chi connectivity index (χ0n) is 15.9. The van der Waals surface area contributed by atoms with Crippen LogP contribution in [0.4, 0.5) is 5.82 Å². The maximum absolute atomic E-state index is 12.6. The van der Waals surface area contributed by atoms with E-state index in [1.165, 1.54) is 12.5 Å². The molecule has 0 radical (unpaired) electrons. The predicted molar refractivity (Wildman–Crippen MR) is 105 cm³/mol. The number of hydrogen-bond acceptors (Lipinski definition) is 7. The first-order valence-corrected chi connectivity index (χ1v) is 8.98. The van der Waals surface area contributed by atoms with Gasteiger partial charge in [0.2, 0.25) is 5.89 Å². The van der Waals surface area contributed by atoms with Gasteiger partial charge in [0.05, 0.1) is 6.20 Å². The quantitative estimate of drug-likeness (QED) is 0.530. The fraction of sp³-hybridized carbons (Fsp3) is 0.250.